The summed E-state index contributed by atoms with van der Waals surface area (Å²) in [7, 11) is 0. The Balaban J connectivity index is 0.833. The summed E-state index contributed by atoms with van der Waals surface area (Å²) in [6.45, 7) is 3.73. The Hall–Kier alpha value is -6.43. The topological polar surface area (TPSA) is 146 Å². The van der Waals surface area contributed by atoms with E-state index in [0.29, 0.717) is 24.5 Å². The number of nitrogens with zero attached hydrogens (tertiary/aromatic N) is 4. The third-order valence-electron chi connectivity index (χ3n) is 17.5. The van der Waals surface area contributed by atoms with E-state index in [9.17, 15) is 40.7 Å². The van der Waals surface area contributed by atoms with Gasteiger partial charge < -0.3 is 34.6 Å². The van der Waals surface area contributed by atoms with Crippen molar-refractivity contribution in [2.75, 3.05) is 13.2 Å². The van der Waals surface area contributed by atoms with Gasteiger partial charge in [0, 0.05) is 12.1 Å². The summed E-state index contributed by atoms with van der Waals surface area (Å²) in [4.78, 5) is 62.5. The van der Waals surface area contributed by atoms with Gasteiger partial charge in [-0.2, -0.15) is 26.3 Å². The Bertz CT molecular complexity index is 3240. The fraction of sp³-hybridized carbons (Fsp3) is 0.525. The number of alkyl halides is 6. The minimum atomic E-state index is -4.70. The third-order valence-corrected chi connectivity index (χ3v) is 17.5. The Morgan fingerprint density at radius 3 is 1.56 bits per heavy atom. The van der Waals surface area contributed by atoms with Crippen LogP contribution in [0.2, 0.25) is 0 Å². The van der Waals surface area contributed by atoms with Gasteiger partial charge in [0.1, 0.15) is 30.4 Å². The molecule has 4 bridgehead atoms. The first-order valence-electron chi connectivity index (χ1n) is 28.3. The number of carbonyl (C=O) groups is 3. The molecule has 18 heteroatoms. The zero-order valence-corrected chi connectivity index (χ0v) is 45.1. The molecule has 3 N–H and O–H groups in total. The summed E-state index contributed by atoms with van der Waals surface area (Å²) in [5.41, 5.74) is 12.2. The van der Waals surface area contributed by atoms with Crippen molar-refractivity contribution in [1.29, 1.82) is 0 Å². The number of carbonyl (C=O) groups excluding carboxylic acids is 3. The molecule has 6 aliphatic carbocycles. The summed E-state index contributed by atoms with van der Waals surface area (Å²) in [5, 5.41) is 2.45. The van der Waals surface area contributed by atoms with Crippen LogP contribution in [0.1, 0.15) is 138 Å². The fourth-order valence-corrected chi connectivity index (χ4v) is 13.7. The summed E-state index contributed by atoms with van der Waals surface area (Å²) >= 11 is 0. The number of halogens is 6. The number of H-pyrrole nitrogens is 2. The number of hydrogen-bond donors (Lipinski definition) is 3. The molecule has 8 aliphatic rings. The lowest BCUT2D eigenvalue weighted by Gasteiger charge is -2.36. The molecule has 2 aliphatic heterocycles. The second kappa shape index (κ2) is 21.9. The van der Waals surface area contributed by atoms with Crippen LogP contribution in [0.15, 0.2) is 72.8 Å². The Morgan fingerprint density at radius 2 is 1.09 bits per heavy atom. The molecule has 2 saturated carbocycles. The number of likely N-dealkylation sites (tertiary alicyclic amines) is 2. The molecule has 3 amide bonds. The van der Waals surface area contributed by atoms with Crippen molar-refractivity contribution in [1.82, 2.24) is 35.1 Å². The maximum absolute atomic E-state index is 14.5. The van der Waals surface area contributed by atoms with Gasteiger partial charge in [-0.15, -0.1) is 0 Å². The molecule has 4 aromatic carbocycles. The first kappa shape index (κ1) is 54.5. The van der Waals surface area contributed by atoms with Gasteiger partial charge >= 0.3 is 18.4 Å². The van der Waals surface area contributed by atoms with Crippen LogP contribution in [0, 0.1) is 23.7 Å². The van der Waals surface area contributed by atoms with E-state index < -0.39 is 73.6 Å². The quantitative estimate of drug-likeness (QED) is 0.103. The standard InChI is InChI=1S/C61H69F6N7O5/c1-33(2)53(72-59(77)79-32-61(65,66)67)57(75)73-49-11-7-5-9-41(49)29-51(73)55-68-45-23-21-39(27-47(45)70-55)43-25-35-13-17-37(43)18-14-36-16-20-38(19-15-35)44(26-36)40-22-24-46-48(28-40)71-56(69-46)52-30-42-10-6-8-12-50(42)74(52)58(76)54(34(3)4)78-31-60(62,63)64/h13,16-17,20-28,33-34,41-42,49-54H,5-12,14-15,18-19,29-32H2,1-4H3,(H,68,70)(H,69,71)(H,72,77)/t41-,42-,49-,50-,51-,52-,53-,54-/m0/s1. The minimum absolute atomic E-state index is 0.0824. The number of nitrogens with one attached hydrogen (secondary N) is 3. The molecule has 0 unspecified atom stereocenters. The van der Waals surface area contributed by atoms with Crippen LogP contribution in [0.5, 0.6) is 0 Å². The van der Waals surface area contributed by atoms with E-state index >= 15 is 0 Å². The number of ether oxygens (including phenoxy) is 2. The van der Waals surface area contributed by atoms with Gasteiger partial charge in [-0.25, -0.2) is 14.8 Å². The minimum Gasteiger partial charge on any atom is -0.440 e. The highest BCUT2D eigenvalue weighted by molar-refractivity contribution is 5.88. The first-order chi connectivity index (χ1) is 37.7. The number of aryl methyl sites for hydroxylation is 4. The van der Waals surface area contributed by atoms with Gasteiger partial charge in [0.15, 0.2) is 6.61 Å². The number of amides is 3. The lowest BCUT2D eigenvalue weighted by atomic mass is 9.84. The van der Waals surface area contributed by atoms with Crippen LogP contribution in [0.3, 0.4) is 0 Å². The molecular formula is C61H69F6N7O5. The molecule has 12 nitrogen and oxygen atoms in total. The lowest BCUT2D eigenvalue weighted by Crippen LogP contribution is -2.54. The summed E-state index contributed by atoms with van der Waals surface area (Å²) in [6.07, 6.45) is 0.194. The van der Waals surface area contributed by atoms with Crippen LogP contribution in [-0.2, 0) is 44.7 Å². The number of imidazole rings is 2. The highest BCUT2D eigenvalue weighted by atomic mass is 19.4. The van der Waals surface area contributed by atoms with Gasteiger partial charge in [-0.05, 0) is 157 Å². The highest BCUT2D eigenvalue weighted by Crippen LogP contribution is 2.49. The summed E-state index contributed by atoms with van der Waals surface area (Å²) in [6, 6.07) is 23.9. The van der Waals surface area contributed by atoms with E-state index in [4.69, 9.17) is 14.7 Å². The molecule has 4 fully saturated rings. The Labute approximate surface area is 455 Å². The van der Waals surface area contributed by atoms with E-state index in [0.717, 1.165) is 121 Å². The van der Waals surface area contributed by atoms with Crippen molar-refractivity contribution in [3.8, 4) is 22.3 Å². The highest BCUT2D eigenvalue weighted by Gasteiger charge is 2.50. The van der Waals surface area contributed by atoms with E-state index in [2.05, 4.69) is 80.7 Å². The number of fused-ring (bicyclic) bond motifs is 4. The Morgan fingerprint density at radius 1 is 0.608 bits per heavy atom. The maximum atomic E-state index is 14.5. The van der Waals surface area contributed by atoms with Gasteiger partial charge in [0.2, 0.25) is 5.91 Å². The third kappa shape index (κ3) is 11.5. The number of aromatic amines is 2. The van der Waals surface area contributed by atoms with Crippen molar-refractivity contribution in [3.63, 3.8) is 0 Å². The average Bonchev–Trinajstić information content (AvgIpc) is 4.43. The van der Waals surface area contributed by atoms with Gasteiger partial charge in [-0.3, -0.25) is 9.59 Å². The van der Waals surface area contributed by atoms with Crippen molar-refractivity contribution in [3.05, 3.63) is 107 Å². The van der Waals surface area contributed by atoms with Gasteiger partial charge in [0.25, 0.3) is 5.91 Å². The zero-order chi connectivity index (χ0) is 55.5. The zero-order valence-electron chi connectivity index (χ0n) is 45.1. The number of hydrogen-bond acceptors (Lipinski definition) is 7. The van der Waals surface area contributed by atoms with Crippen LogP contribution in [0.4, 0.5) is 31.1 Å². The van der Waals surface area contributed by atoms with Crippen molar-refractivity contribution >= 4 is 40.0 Å². The molecule has 8 atom stereocenters. The average molecular weight is 1090 g/mol. The molecule has 79 heavy (non-hydrogen) atoms. The summed E-state index contributed by atoms with van der Waals surface area (Å²) < 4.78 is 88.7. The van der Waals surface area contributed by atoms with Crippen molar-refractivity contribution in [2.45, 2.75) is 166 Å². The van der Waals surface area contributed by atoms with E-state index in [1.165, 1.54) is 22.3 Å². The first-order valence-corrected chi connectivity index (χ1v) is 28.3. The Kier molecular flexibility index (Phi) is 15.1. The number of alkyl carbamates (subject to hydrolysis) is 1. The number of benzene rings is 4. The molecule has 420 valence electrons. The number of rotatable bonds is 12. The molecule has 4 heterocycles. The maximum Gasteiger partial charge on any atom is 0.422 e. The van der Waals surface area contributed by atoms with Crippen LogP contribution in [-0.4, -0.2) is 97.4 Å². The predicted octanol–water partition coefficient (Wildman–Crippen LogP) is 13.2. The van der Waals surface area contributed by atoms with Crippen molar-refractivity contribution < 1.29 is 50.2 Å². The normalized spacial score (nSPS) is 23.2. The van der Waals surface area contributed by atoms with E-state index in [-0.39, 0.29) is 29.8 Å². The van der Waals surface area contributed by atoms with Crippen molar-refractivity contribution in [2.24, 2.45) is 23.7 Å². The largest absolute Gasteiger partial charge is 0.440 e. The molecule has 14 rings (SSSR count). The fourth-order valence-electron chi connectivity index (χ4n) is 13.7. The molecule has 0 radical (unpaired) electrons. The van der Waals surface area contributed by atoms with Gasteiger partial charge in [-0.1, -0.05) is 102 Å². The number of aromatic nitrogens is 4. The SMILES string of the molecule is CC(C)[C@H](NC(=O)OCC(F)(F)F)C(=O)N1[C@H](c2nc3cc(-c4cc5ccc4CCc4ccc(c(-c6ccc7[nH]c([C@@H]8C[C@@H]9CCCC[C@@H]9N8C(=O)[C@@H](OCC(F)(F)F)C(C)C)nc7c6)c4)CC5)ccc3[nH]2)C[C@@H]2CCCC[C@@H]21. The second-order valence-corrected chi connectivity index (χ2v) is 23.6. The molecule has 0 spiro atoms. The summed E-state index contributed by atoms with van der Waals surface area (Å²) in [5.74, 6) is 0.103. The monoisotopic (exact) mass is 1090 g/mol. The second-order valence-electron chi connectivity index (χ2n) is 23.6. The van der Waals surface area contributed by atoms with Crippen LogP contribution < -0.4 is 5.32 Å². The molecular weight excluding hydrogens is 1020 g/mol. The lowest BCUT2D eigenvalue weighted by molar-refractivity contribution is -0.195. The molecule has 2 saturated heterocycles. The van der Waals surface area contributed by atoms with Crippen LogP contribution in [0.25, 0.3) is 44.3 Å². The predicted molar refractivity (Wildman–Crippen MR) is 288 cm³/mol. The van der Waals surface area contributed by atoms with E-state index in [1.807, 2.05) is 21.9 Å². The smallest absolute Gasteiger partial charge is 0.422 e. The van der Waals surface area contributed by atoms with E-state index in [1.54, 1.807) is 27.7 Å². The molecule has 2 aromatic heterocycles. The molecule has 6 aromatic rings. The van der Waals surface area contributed by atoms with Gasteiger partial charge in [0.05, 0.1) is 34.2 Å². The van der Waals surface area contributed by atoms with Crippen LogP contribution >= 0.6 is 0 Å².